The zero-order valence-electron chi connectivity index (χ0n) is 13.7. The van der Waals surface area contributed by atoms with Gasteiger partial charge in [0, 0.05) is 18.7 Å². The molecule has 2 aromatic rings. The standard InChI is InChI=1S/C15H20ClN5O2S/c1-15(6-4-3-5-7-15)12-8-13(16)19-14(18-12)20-24(22,23)11-9-17-21(2)10-11/h8-10H,3-7H2,1-2H3,(H,18,19,20). The van der Waals surface area contributed by atoms with Crippen LogP contribution in [-0.2, 0) is 22.5 Å². The summed E-state index contributed by atoms with van der Waals surface area (Å²) in [5.74, 6) is -0.00634. The molecule has 7 nitrogen and oxygen atoms in total. The van der Waals surface area contributed by atoms with Crippen LogP contribution in [0, 0.1) is 0 Å². The van der Waals surface area contributed by atoms with Crippen LogP contribution < -0.4 is 4.72 Å². The van der Waals surface area contributed by atoms with Crippen LogP contribution in [0.25, 0.3) is 0 Å². The van der Waals surface area contributed by atoms with E-state index in [4.69, 9.17) is 11.6 Å². The number of aromatic nitrogens is 4. The predicted octanol–water partition coefficient (Wildman–Crippen LogP) is 2.89. The van der Waals surface area contributed by atoms with E-state index >= 15 is 0 Å². The minimum atomic E-state index is -3.79. The minimum absolute atomic E-state index is 0.00634. The molecule has 2 heterocycles. The summed E-state index contributed by atoms with van der Waals surface area (Å²) in [4.78, 5) is 8.50. The molecule has 0 radical (unpaired) electrons. The van der Waals surface area contributed by atoms with Crippen molar-refractivity contribution in [3.8, 4) is 0 Å². The molecule has 9 heteroatoms. The van der Waals surface area contributed by atoms with E-state index in [2.05, 4.69) is 26.7 Å². The normalized spacial score (nSPS) is 17.6. The highest BCUT2D eigenvalue weighted by Crippen LogP contribution is 2.38. The molecule has 0 bridgehead atoms. The lowest BCUT2D eigenvalue weighted by atomic mass is 9.73. The van der Waals surface area contributed by atoms with Gasteiger partial charge >= 0.3 is 0 Å². The first-order chi connectivity index (χ1) is 11.3. The zero-order valence-corrected chi connectivity index (χ0v) is 15.2. The van der Waals surface area contributed by atoms with Crippen LogP contribution >= 0.6 is 11.6 Å². The van der Waals surface area contributed by atoms with Crippen LogP contribution in [-0.4, -0.2) is 28.2 Å². The molecule has 1 saturated carbocycles. The fourth-order valence-electron chi connectivity index (χ4n) is 3.08. The van der Waals surface area contributed by atoms with E-state index in [0.717, 1.165) is 31.4 Å². The van der Waals surface area contributed by atoms with Crippen LogP contribution in [0.2, 0.25) is 5.15 Å². The maximum atomic E-state index is 12.4. The van der Waals surface area contributed by atoms with Gasteiger partial charge in [-0.25, -0.2) is 23.1 Å². The molecule has 1 N–H and O–H groups in total. The van der Waals surface area contributed by atoms with E-state index in [-0.39, 0.29) is 21.4 Å². The van der Waals surface area contributed by atoms with Gasteiger partial charge in [0.15, 0.2) is 0 Å². The molecule has 0 atom stereocenters. The quantitative estimate of drug-likeness (QED) is 0.837. The van der Waals surface area contributed by atoms with Gasteiger partial charge in [0.05, 0.1) is 11.9 Å². The number of hydrogen-bond acceptors (Lipinski definition) is 5. The first-order valence-corrected chi connectivity index (χ1v) is 9.71. The Morgan fingerprint density at radius 1 is 1.25 bits per heavy atom. The smallest absolute Gasteiger partial charge is 0.267 e. The molecular weight excluding hydrogens is 350 g/mol. The fraction of sp³-hybridized carbons (Fsp3) is 0.533. The number of aryl methyl sites for hydroxylation is 1. The fourth-order valence-corrected chi connectivity index (χ4v) is 4.19. The van der Waals surface area contributed by atoms with Crippen molar-refractivity contribution in [2.75, 3.05) is 4.72 Å². The largest absolute Gasteiger partial charge is 0.274 e. The molecule has 3 rings (SSSR count). The highest BCUT2D eigenvalue weighted by molar-refractivity contribution is 7.92. The second-order valence-electron chi connectivity index (χ2n) is 6.48. The molecule has 0 unspecified atom stereocenters. The summed E-state index contributed by atoms with van der Waals surface area (Å²) in [6, 6.07) is 1.73. The molecule has 0 saturated heterocycles. The van der Waals surface area contributed by atoms with Crippen molar-refractivity contribution in [1.29, 1.82) is 0 Å². The second-order valence-corrected chi connectivity index (χ2v) is 8.55. The van der Waals surface area contributed by atoms with Crippen LogP contribution in [0.15, 0.2) is 23.4 Å². The minimum Gasteiger partial charge on any atom is -0.274 e. The van der Waals surface area contributed by atoms with Crippen molar-refractivity contribution in [3.63, 3.8) is 0 Å². The number of nitrogens with zero attached hydrogens (tertiary/aromatic N) is 4. The van der Waals surface area contributed by atoms with Crippen molar-refractivity contribution in [3.05, 3.63) is 29.3 Å². The molecule has 0 aliphatic heterocycles. The Bertz CT molecular complexity index is 843. The van der Waals surface area contributed by atoms with Gasteiger partial charge < -0.3 is 0 Å². The Morgan fingerprint density at radius 2 is 1.96 bits per heavy atom. The van der Waals surface area contributed by atoms with Gasteiger partial charge in [0.1, 0.15) is 10.0 Å². The first kappa shape index (κ1) is 17.2. The molecular formula is C15H20ClN5O2S. The molecule has 0 aromatic carbocycles. The summed E-state index contributed by atoms with van der Waals surface area (Å²) in [6.45, 7) is 2.14. The van der Waals surface area contributed by atoms with E-state index in [1.807, 2.05) is 0 Å². The molecule has 2 aromatic heterocycles. The van der Waals surface area contributed by atoms with Crippen LogP contribution in [0.1, 0.15) is 44.7 Å². The summed E-state index contributed by atoms with van der Waals surface area (Å²) in [6.07, 6.45) is 8.19. The second kappa shape index (κ2) is 6.33. The number of halogens is 1. The van der Waals surface area contributed by atoms with Gasteiger partial charge in [-0.1, -0.05) is 37.8 Å². The topological polar surface area (TPSA) is 89.8 Å². The zero-order chi connectivity index (χ0) is 17.4. The van der Waals surface area contributed by atoms with E-state index in [1.54, 1.807) is 13.1 Å². The average molecular weight is 370 g/mol. The van der Waals surface area contributed by atoms with Gasteiger partial charge in [-0.3, -0.25) is 4.68 Å². The third kappa shape index (κ3) is 3.54. The first-order valence-electron chi connectivity index (χ1n) is 7.85. The monoisotopic (exact) mass is 369 g/mol. The number of anilines is 1. The molecule has 0 spiro atoms. The maximum Gasteiger partial charge on any atom is 0.267 e. The highest BCUT2D eigenvalue weighted by Gasteiger charge is 2.31. The predicted molar refractivity (Wildman–Crippen MR) is 91.5 cm³/mol. The van der Waals surface area contributed by atoms with Crippen molar-refractivity contribution < 1.29 is 8.42 Å². The van der Waals surface area contributed by atoms with Crippen molar-refractivity contribution >= 4 is 27.6 Å². The van der Waals surface area contributed by atoms with Crippen molar-refractivity contribution in [2.45, 2.75) is 49.3 Å². The van der Waals surface area contributed by atoms with Crippen molar-refractivity contribution in [2.24, 2.45) is 7.05 Å². The molecule has 0 amide bonds. The van der Waals surface area contributed by atoms with E-state index in [9.17, 15) is 8.42 Å². The maximum absolute atomic E-state index is 12.4. The van der Waals surface area contributed by atoms with Crippen LogP contribution in [0.4, 0.5) is 5.95 Å². The van der Waals surface area contributed by atoms with Crippen LogP contribution in [0.3, 0.4) is 0 Å². The Hall–Kier alpha value is -1.67. The highest BCUT2D eigenvalue weighted by atomic mass is 35.5. The van der Waals surface area contributed by atoms with Crippen LogP contribution in [0.5, 0.6) is 0 Å². The van der Waals surface area contributed by atoms with Gasteiger partial charge in [-0.15, -0.1) is 0 Å². The van der Waals surface area contributed by atoms with Gasteiger partial charge in [-0.2, -0.15) is 5.10 Å². The Morgan fingerprint density at radius 3 is 2.58 bits per heavy atom. The average Bonchev–Trinajstić information content (AvgIpc) is 2.94. The summed E-state index contributed by atoms with van der Waals surface area (Å²) in [5.41, 5.74) is 0.686. The lowest BCUT2D eigenvalue weighted by Gasteiger charge is -2.33. The SMILES string of the molecule is Cn1cc(S(=O)(=O)Nc2nc(Cl)cc(C3(C)CCCCC3)n2)cn1. The third-order valence-corrected chi connectivity index (χ3v) is 5.96. The summed E-state index contributed by atoms with van der Waals surface area (Å²) in [5, 5.41) is 4.11. The van der Waals surface area contributed by atoms with Gasteiger partial charge in [0.2, 0.25) is 5.95 Å². The van der Waals surface area contributed by atoms with E-state index in [1.165, 1.54) is 23.5 Å². The molecule has 1 fully saturated rings. The summed E-state index contributed by atoms with van der Waals surface area (Å²) < 4.78 is 28.6. The number of nitrogens with one attached hydrogen (secondary N) is 1. The lowest BCUT2D eigenvalue weighted by Crippen LogP contribution is -2.27. The van der Waals surface area contributed by atoms with E-state index in [0.29, 0.717) is 0 Å². The molecule has 1 aliphatic carbocycles. The molecule has 130 valence electrons. The van der Waals surface area contributed by atoms with E-state index < -0.39 is 10.0 Å². The Labute approximate surface area is 146 Å². The summed E-state index contributed by atoms with van der Waals surface area (Å²) >= 11 is 6.11. The van der Waals surface area contributed by atoms with Crippen molar-refractivity contribution in [1.82, 2.24) is 19.7 Å². The Kier molecular flexibility index (Phi) is 4.52. The third-order valence-electron chi connectivity index (χ3n) is 4.49. The number of rotatable bonds is 4. The number of sulfonamides is 1. The number of hydrogen-bond donors (Lipinski definition) is 1. The van der Waals surface area contributed by atoms with Gasteiger partial charge in [-0.05, 0) is 18.9 Å². The Balaban J connectivity index is 1.92. The molecule has 1 aliphatic rings. The summed E-state index contributed by atoms with van der Waals surface area (Å²) in [7, 11) is -2.14. The lowest BCUT2D eigenvalue weighted by molar-refractivity contribution is 0.312. The molecule has 24 heavy (non-hydrogen) atoms. The van der Waals surface area contributed by atoms with Gasteiger partial charge in [0.25, 0.3) is 10.0 Å².